The largest absolute Gasteiger partial charge is 0.324 e. The third kappa shape index (κ3) is 3.94. The van der Waals surface area contributed by atoms with E-state index in [1.54, 1.807) is 11.1 Å². The molecule has 0 bridgehead atoms. The number of nitrogens with zero attached hydrogens (tertiary/aromatic N) is 2. The van der Waals surface area contributed by atoms with E-state index >= 15 is 0 Å². The molecule has 0 radical (unpaired) electrons. The van der Waals surface area contributed by atoms with E-state index in [0.29, 0.717) is 5.82 Å². The predicted molar refractivity (Wildman–Crippen MR) is 119 cm³/mol. The molecule has 0 saturated heterocycles. The van der Waals surface area contributed by atoms with Gasteiger partial charge in [-0.3, -0.25) is 9.69 Å². The highest BCUT2D eigenvalue weighted by Gasteiger charge is 2.46. The Morgan fingerprint density at radius 1 is 1.24 bits per heavy atom. The van der Waals surface area contributed by atoms with Gasteiger partial charge in [0, 0.05) is 18.2 Å². The molecule has 0 heterocycles. The number of rotatable bonds is 6. The zero-order valence-corrected chi connectivity index (χ0v) is 16.8. The average molecular weight is 386 g/mol. The first-order valence-electron chi connectivity index (χ1n) is 10.2. The SMILES string of the molecule is C=C(/N=C\C=C/C)N(C(=O)C1CC1c1ccccc1)c1ccc2c(c1)C(N)CC2. The lowest BCUT2D eigenvalue weighted by molar-refractivity contribution is -0.119. The number of allylic oxidation sites excluding steroid dienone is 2. The van der Waals surface area contributed by atoms with Crippen LogP contribution in [0.1, 0.15) is 48.4 Å². The van der Waals surface area contributed by atoms with Crippen molar-refractivity contribution in [2.75, 3.05) is 4.90 Å². The maximum Gasteiger partial charge on any atom is 0.236 e. The Morgan fingerprint density at radius 2 is 2.03 bits per heavy atom. The van der Waals surface area contributed by atoms with Gasteiger partial charge in [-0.1, -0.05) is 49.1 Å². The van der Waals surface area contributed by atoms with Crippen molar-refractivity contribution in [2.45, 2.75) is 38.1 Å². The Hall–Kier alpha value is -2.98. The summed E-state index contributed by atoms with van der Waals surface area (Å²) in [6.45, 7) is 6.01. The number of carbonyl (C=O) groups excluding carboxylic acids is 1. The number of benzene rings is 2. The molecule has 148 valence electrons. The number of aryl methyl sites for hydroxylation is 1. The number of hydrogen-bond donors (Lipinski definition) is 1. The smallest absolute Gasteiger partial charge is 0.236 e. The van der Waals surface area contributed by atoms with Crippen LogP contribution in [0.25, 0.3) is 0 Å². The van der Waals surface area contributed by atoms with Gasteiger partial charge in [0.25, 0.3) is 0 Å². The summed E-state index contributed by atoms with van der Waals surface area (Å²) in [6, 6.07) is 16.4. The van der Waals surface area contributed by atoms with Crippen LogP contribution in [-0.4, -0.2) is 12.1 Å². The quantitative estimate of drug-likeness (QED) is 0.720. The topological polar surface area (TPSA) is 58.7 Å². The zero-order chi connectivity index (χ0) is 20.4. The molecule has 4 heteroatoms. The van der Waals surface area contributed by atoms with E-state index < -0.39 is 0 Å². The number of amides is 1. The van der Waals surface area contributed by atoms with E-state index in [4.69, 9.17) is 5.73 Å². The fourth-order valence-corrected chi connectivity index (χ4v) is 4.14. The highest BCUT2D eigenvalue weighted by atomic mass is 16.2. The summed E-state index contributed by atoms with van der Waals surface area (Å²) < 4.78 is 0. The molecule has 0 spiro atoms. The number of anilines is 1. The molecule has 1 amide bonds. The van der Waals surface area contributed by atoms with Crippen molar-refractivity contribution in [2.24, 2.45) is 16.6 Å². The number of aliphatic imine (C=N–C) groups is 1. The van der Waals surface area contributed by atoms with E-state index in [2.05, 4.69) is 29.8 Å². The Balaban J connectivity index is 1.64. The minimum atomic E-state index is -0.0482. The molecule has 3 atom stereocenters. The van der Waals surface area contributed by atoms with Crippen LogP contribution in [0.5, 0.6) is 0 Å². The predicted octanol–water partition coefficient (Wildman–Crippen LogP) is 4.89. The van der Waals surface area contributed by atoms with Gasteiger partial charge in [0.05, 0.1) is 5.69 Å². The first-order chi connectivity index (χ1) is 14.1. The summed E-state index contributed by atoms with van der Waals surface area (Å²) in [7, 11) is 0. The molecule has 3 unspecified atom stereocenters. The zero-order valence-electron chi connectivity index (χ0n) is 16.8. The van der Waals surface area contributed by atoms with Crippen LogP contribution in [0.3, 0.4) is 0 Å². The van der Waals surface area contributed by atoms with E-state index in [1.807, 2.05) is 49.4 Å². The highest BCUT2D eigenvalue weighted by molar-refractivity contribution is 6.00. The summed E-state index contributed by atoms with van der Waals surface area (Å²) in [6.07, 6.45) is 8.19. The van der Waals surface area contributed by atoms with E-state index in [9.17, 15) is 4.79 Å². The molecule has 1 fully saturated rings. The van der Waals surface area contributed by atoms with Crippen LogP contribution in [0.4, 0.5) is 5.69 Å². The number of carbonyl (C=O) groups is 1. The van der Waals surface area contributed by atoms with E-state index in [-0.39, 0.29) is 23.8 Å². The van der Waals surface area contributed by atoms with Crippen molar-refractivity contribution in [3.05, 3.63) is 89.8 Å². The molecule has 2 aliphatic rings. The Labute approximate surface area is 172 Å². The minimum Gasteiger partial charge on any atom is -0.324 e. The molecule has 4 nitrogen and oxygen atoms in total. The van der Waals surface area contributed by atoms with Gasteiger partial charge in [-0.2, -0.15) is 0 Å². The van der Waals surface area contributed by atoms with Gasteiger partial charge in [-0.05, 0) is 67.0 Å². The van der Waals surface area contributed by atoms with Gasteiger partial charge in [-0.15, -0.1) is 0 Å². The van der Waals surface area contributed by atoms with Crippen LogP contribution in [0.15, 0.2) is 78.1 Å². The van der Waals surface area contributed by atoms with Crippen LogP contribution < -0.4 is 10.6 Å². The fourth-order valence-electron chi connectivity index (χ4n) is 4.14. The Kier molecular flexibility index (Phi) is 5.45. The van der Waals surface area contributed by atoms with Crippen LogP contribution >= 0.6 is 0 Å². The summed E-state index contributed by atoms with van der Waals surface area (Å²) in [5.41, 5.74) is 10.7. The molecular formula is C25H27N3O. The van der Waals surface area contributed by atoms with Crippen molar-refractivity contribution in [3.63, 3.8) is 0 Å². The standard InChI is InChI=1S/C25H27N3O/c1-3-4-14-27-17(2)28(20-12-10-19-11-13-24(26)22(19)15-20)25(29)23-16-21(23)18-8-6-5-7-9-18/h3-10,12,14-15,21,23-24H,2,11,13,16,26H2,1H3/b4-3-,27-14-. The maximum atomic E-state index is 13.5. The molecule has 2 N–H and O–H groups in total. The number of fused-ring (bicyclic) bond motifs is 1. The van der Waals surface area contributed by atoms with Crippen molar-refractivity contribution < 1.29 is 4.79 Å². The first kappa shape index (κ1) is 19.3. The fraction of sp³-hybridized carbons (Fsp3) is 0.280. The summed E-state index contributed by atoms with van der Waals surface area (Å²) in [4.78, 5) is 19.6. The van der Waals surface area contributed by atoms with Gasteiger partial charge >= 0.3 is 0 Å². The second-order valence-corrected chi connectivity index (χ2v) is 7.78. The normalized spacial score (nSPS) is 22.8. The van der Waals surface area contributed by atoms with Gasteiger partial charge in [-0.25, -0.2) is 4.99 Å². The minimum absolute atomic E-state index is 0.0275. The second kappa shape index (κ2) is 8.18. The first-order valence-corrected chi connectivity index (χ1v) is 10.2. The molecular weight excluding hydrogens is 358 g/mol. The van der Waals surface area contributed by atoms with E-state index in [0.717, 1.165) is 30.5 Å². The van der Waals surface area contributed by atoms with Gasteiger partial charge in [0.15, 0.2) is 0 Å². The third-order valence-electron chi connectivity index (χ3n) is 5.83. The summed E-state index contributed by atoms with van der Waals surface area (Å²) in [5, 5.41) is 0. The molecule has 2 aromatic carbocycles. The average Bonchev–Trinajstić information content (AvgIpc) is 3.47. The maximum absolute atomic E-state index is 13.5. The number of nitrogens with two attached hydrogens (primary N) is 1. The third-order valence-corrected chi connectivity index (χ3v) is 5.83. The lowest BCUT2D eigenvalue weighted by Crippen LogP contribution is -2.31. The monoisotopic (exact) mass is 385 g/mol. The molecule has 1 saturated carbocycles. The van der Waals surface area contributed by atoms with Gasteiger partial charge in [0.1, 0.15) is 5.82 Å². The molecule has 29 heavy (non-hydrogen) atoms. The highest BCUT2D eigenvalue weighted by Crippen LogP contribution is 2.49. The van der Waals surface area contributed by atoms with Gasteiger partial charge in [0.2, 0.25) is 5.91 Å². The molecule has 4 rings (SSSR count). The second-order valence-electron chi connectivity index (χ2n) is 7.78. The number of hydrogen-bond acceptors (Lipinski definition) is 3. The molecule has 2 aromatic rings. The van der Waals surface area contributed by atoms with Crippen molar-refractivity contribution >= 4 is 17.8 Å². The Morgan fingerprint density at radius 3 is 2.79 bits per heavy atom. The van der Waals surface area contributed by atoms with Crippen molar-refractivity contribution in [1.82, 2.24) is 0 Å². The summed E-state index contributed by atoms with van der Waals surface area (Å²) >= 11 is 0. The summed E-state index contributed by atoms with van der Waals surface area (Å²) in [5.74, 6) is 0.689. The van der Waals surface area contributed by atoms with Crippen molar-refractivity contribution in [3.8, 4) is 0 Å². The van der Waals surface area contributed by atoms with Crippen LogP contribution in [-0.2, 0) is 11.2 Å². The van der Waals surface area contributed by atoms with E-state index in [1.165, 1.54) is 11.1 Å². The molecule has 0 aliphatic heterocycles. The van der Waals surface area contributed by atoms with Crippen LogP contribution in [0, 0.1) is 5.92 Å². The molecule has 0 aromatic heterocycles. The van der Waals surface area contributed by atoms with Gasteiger partial charge < -0.3 is 5.73 Å². The van der Waals surface area contributed by atoms with Crippen molar-refractivity contribution in [1.29, 1.82) is 0 Å². The molecule has 2 aliphatic carbocycles. The van der Waals surface area contributed by atoms with Crippen LogP contribution in [0.2, 0.25) is 0 Å². The Bertz CT molecular complexity index is 977. The lowest BCUT2D eigenvalue weighted by atomic mass is 10.1. The lowest BCUT2D eigenvalue weighted by Gasteiger charge is -2.24.